The molecule has 1 aromatic carbocycles. The van der Waals surface area contributed by atoms with Crippen LogP contribution < -0.4 is 5.73 Å². The van der Waals surface area contributed by atoms with Gasteiger partial charge in [0.25, 0.3) is 5.91 Å². The maximum atomic E-state index is 12.1. The lowest BCUT2D eigenvalue weighted by molar-refractivity contribution is 0.0785. The van der Waals surface area contributed by atoms with Gasteiger partial charge in [0, 0.05) is 30.6 Å². The molecule has 0 saturated heterocycles. The molecule has 1 fully saturated rings. The number of anilines is 1. The number of carbonyl (C=O) groups excluding carboxylic acids is 1. The van der Waals surface area contributed by atoms with Crippen LogP contribution >= 0.6 is 0 Å². The van der Waals surface area contributed by atoms with Gasteiger partial charge in [-0.25, -0.2) is 8.42 Å². The summed E-state index contributed by atoms with van der Waals surface area (Å²) in [4.78, 5) is 13.9. The molecule has 0 aliphatic heterocycles. The Labute approximate surface area is 107 Å². The van der Waals surface area contributed by atoms with Gasteiger partial charge in [0.05, 0.1) is 4.90 Å². The van der Waals surface area contributed by atoms with E-state index in [9.17, 15) is 13.2 Å². The first-order valence-electron chi connectivity index (χ1n) is 5.67. The van der Waals surface area contributed by atoms with Gasteiger partial charge in [0.1, 0.15) is 0 Å². The van der Waals surface area contributed by atoms with Gasteiger partial charge < -0.3 is 10.6 Å². The van der Waals surface area contributed by atoms with Crippen LogP contribution in [0.2, 0.25) is 0 Å². The van der Waals surface area contributed by atoms with Crippen LogP contribution in [0.15, 0.2) is 23.1 Å². The fourth-order valence-corrected chi connectivity index (χ4v) is 2.48. The van der Waals surface area contributed by atoms with Gasteiger partial charge in [-0.2, -0.15) is 0 Å². The Hall–Kier alpha value is -1.56. The van der Waals surface area contributed by atoms with Gasteiger partial charge in [-0.3, -0.25) is 4.79 Å². The Kier molecular flexibility index (Phi) is 3.06. The van der Waals surface area contributed by atoms with Crippen LogP contribution in [0.3, 0.4) is 0 Å². The summed E-state index contributed by atoms with van der Waals surface area (Å²) in [6, 6.07) is 4.53. The maximum Gasteiger partial charge on any atom is 0.253 e. The lowest BCUT2D eigenvalue weighted by Gasteiger charge is -2.17. The first kappa shape index (κ1) is 12.9. The summed E-state index contributed by atoms with van der Waals surface area (Å²) < 4.78 is 23.0. The van der Waals surface area contributed by atoms with E-state index in [1.54, 1.807) is 11.9 Å². The van der Waals surface area contributed by atoms with Crippen molar-refractivity contribution < 1.29 is 13.2 Å². The fourth-order valence-electron chi connectivity index (χ4n) is 1.79. The third kappa shape index (κ3) is 2.64. The van der Waals surface area contributed by atoms with Crippen molar-refractivity contribution >= 4 is 21.4 Å². The van der Waals surface area contributed by atoms with E-state index < -0.39 is 9.84 Å². The highest BCUT2D eigenvalue weighted by molar-refractivity contribution is 7.90. The summed E-state index contributed by atoms with van der Waals surface area (Å²) in [5, 5.41) is 0. The lowest BCUT2D eigenvalue weighted by atomic mass is 10.2. The van der Waals surface area contributed by atoms with Crippen LogP contribution in [-0.4, -0.2) is 38.6 Å². The molecule has 98 valence electrons. The number of sulfone groups is 1. The molecule has 1 saturated carbocycles. The number of nitrogens with two attached hydrogens (primary N) is 1. The molecule has 18 heavy (non-hydrogen) atoms. The molecule has 0 atom stereocenters. The molecule has 5 nitrogen and oxygen atoms in total. The minimum atomic E-state index is -3.36. The van der Waals surface area contributed by atoms with Crippen molar-refractivity contribution in [1.29, 1.82) is 0 Å². The van der Waals surface area contributed by atoms with E-state index in [-0.39, 0.29) is 22.5 Å². The molecule has 1 aliphatic carbocycles. The van der Waals surface area contributed by atoms with E-state index in [1.165, 1.54) is 18.2 Å². The van der Waals surface area contributed by atoms with Gasteiger partial charge in [-0.05, 0) is 31.0 Å². The minimum absolute atomic E-state index is 0.0787. The Morgan fingerprint density at radius 3 is 2.44 bits per heavy atom. The zero-order chi connectivity index (χ0) is 13.5. The summed E-state index contributed by atoms with van der Waals surface area (Å²) >= 11 is 0. The standard InChI is InChI=1S/C12H16N2O3S/c1-14(10-3-4-10)12(15)8-5-9(13)7-11(6-8)18(2,16)17/h5-7,10H,3-4,13H2,1-2H3. The maximum absolute atomic E-state index is 12.1. The minimum Gasteiger partial charge on any atom is -0.399 e. The molecule has 0 unspecified atom stereocenters. The highest BCUT2D eigenvalue weighted by Crippen LogP contribution is 2.27. The van der Waals surface area contributed by atoms with Crippen molar-refractivity contribution in [1.82, 2.24) is 4.90 Å². The molecule has 2 rings (SSSR count). The monoisotopic (exact) mass is 268 g/mol. The fraction of sp³-hybridized carbons (Fsp3) is 0.417. The van der Waals surface area contributed by atoms with E-state index in [4.69, 9.17) is 5.73 Å². The summed E-state index contributed by atoms with van der Waals surface area (Å²) in [7, 11) is -1.64. The summed E-state index contributed by atoms with van der Waals surface area (Å²) in [6.07, 6.45) is 3.10. The molecule has 0 aromatic heterocycles. The Morgan fingerprint density at radius 2 is 1.94 bits per heavy atom. The van der Waals surface area contributed by atoms with Gasteiger partial charge in [-0.1, -0.05) is 0 Å². The zero-order valence-corrected chi connectivity index (χ0v) is 11.2. The third-order valence-electron chi connectivity index (χ3n) is 3.02. The third-order valence-corrected chi connectivity index (χ3v) is 4.11. The molecule has 1 amide bonds. The molecule has 0 bridgehead atoms. The molecule has 6 heteroatoms. The summed E-state index contributed by atoms with van der Waals surface area (Å²) in [6.45, 7) is 0. The average molecular weight is 268 g/mol. The van der Waals surface area contributed by atoms with Crippen LogP contribution in [0.5, 0.6) is 0 Å². The van der Waals surface area contributed by atoms with Crippen molar-refractivity contribution in [3.05, 3.63) is 23.8 Å². The first-order valence-corrected chi connectivity index (χ1v) is 7.56. The van der Waals surface area contributed by atoms with Gasteiger partial charge >= 0.3 is 0 Å². The first-order chi connectivity index (χ1) is 8.29. The second-order valence-corrected chi connectivity index (χ2v) is 6.73. The summed E-state index contributed by atoms with van der Waals surface area (Å²) in [5.41, 5.74) is 6.26. The van der Waals surface area contributed by atoms with Crippen LogP contribution in [0.4, 0.5) is 5.69 Å². The quantitative estimate of drug-likeness (QED) is 0.826. The number of hydrogen-bond acceptors (Lipinski definition) is 4. The average Bonchev–Trinajstić information content (AvgIpc) is 3.08. The molecular formula is C12H16N2O3S. The number of nitrogens with zero attached hydrogens (tertiary/aromatic N) is 1. The van der Waals surface area contributed by atoms with Crippen LogP contribution in [0.1, 0.15) is 23.2 Å². The van der Waals surface area contributed by atoms with Crippen molar-refractivity contribution in [2.45, 2.75) is 23.8 Å². The van der Waals surface area contributed by atoms with Crippen LogP contribution in [0.25, 0.3) is 0 Å². The molecule has 0 radical (unpaired) electrons. The van der Waals surface area contributed by atoms with E-state index >= 15 is 0 Å². The van der Waals surface area contributed by atoms with Crippen molar-refractivity contribution in [3.8, 4) is 0 Å². The predicted molar refractivity (Wildman–Crippen MR) is 69.1 cm³/mol. The molecule has 1 aliphatic rings. The van der Waals surface area contributed by atoms with Gasteiger partial charge in [-0.15, -0.1) is 0 Å². The highest BCUT2D eigenvalue weighted by Gasteiger charge is 2.30. The molecule has 2 N–H and O–H groups in total. The predicted octanol–water partition coefficient (Wildman–Crippen LogP) is 0.907. The van der Waals surface area contributed by atoms with Crippen LogP contribution in [-0.2, 0) is 9.84 Å². The van der Waals surface area contributed by atoms with Crippen molar-refractivity contribution in [2.24, 2.45) is 0 Å². The highest BCUT2D eigenvalue weighted by atomic mass is 32.2. The number of carbonyl (C=O) groups is 1. The Balaban J connectivity index is 2.39. The second-order valence-electron chi connectivity index (χ2n) is 4.71. The Bertz CT molecular complexity index is 591. The zero-order valence-electron chi connectivity index (χ0n) is 10.4. The second kappa shape index (κ2) is 4.28. The topological polar surface area (TPSA) is 80.5 Å². The van der Waals surface area contributed by atoms with E-state index in [0.29, 0.717) is 5.56 Å². The number of rotatable bonds is 3. The molecular weight excluding hydrogens is 252 g/mol. The number of benzene rings is 1. The molecule has 1 aromatic rings. The molecule has 0 spiro atoms. The smallest absolute Gasteiger partial charge is 0.253 e. The van der Waals surface area contributed by atoms with Crippen molar-refractivity contribution in [2.75, 3.05) is 19.0 Å². The number of amides is 1. The number of hydrogen-bond donors (Lipinski definition) is 1. The largest absolute Gasteiger partial charge is 0.399 e. The van der Waals surface area contributed by atoms with Crippen molar-refractivity contribution in [3.63, 3.8) is 0 Å². The van der Waals surface area contributed by atoms with Gasteiger partial charge in [0.15, 0.2) is 9.84 Å². The lowest BCUT2D eigenvalue weighted by Crippen LogP contribution is -2.28. The van der Waals surface area contributed by atoms with E-state index in [2.05, 4.69) is 0 Å². The summed E-state index contributed by atoms with van der Waals surface area (Å²) in [5.74, 6) is -0.185. The molecule has 0 heterocycles. The van der Waals surface area contributed by atoms with Gasteiger partial charge in [0.2, 0.25) is 0 Å². The SMILES string of the molecule is CN(C(=O)c1cc(N)cc(S(C)(=O)=O)c1)C1CC1. The Morgan fingerprint density at radius 1 is 1.33 bits per heavy atom. The van der Waals surface area contributed by atoms with E-state index in [0.717, 1.165) is 19.1 Å². The van der Waals surface area contributed by atoms with E-state index in [1.807, 2.05) is 0 Å². The van der Waals surface area contributed by atoms with Crippen LogP contribution in [0, 0.1) is 0 Å². The normalized spacial score (nSPS) is 15.4. The number of nitrogen functional groups attached to an aromatic ring is 1.